The maximum absolute atomic E-state index is 5.66. The van der Waals surface area contributed by atoms with Crippen LogP contribution in [0.4, 0.5) is 5.69 Å². The molecule has 1 aromatic carbocycles. The molecular formula is C11H14N4S. The fourth-order valence-electron chi connectivity index (χ4n) is 1.46. The monoisotopic (exact) mass is 234 g/mol. The highest BCUT2D eigenvalue weighted by Gasteiger charge is 2.08. The molecule has 2 aromatic rings. The lowest BCUT2D eigenvalue weighted by molar-refractivity contribution is 0.788. The summed E-state index contributed by atoms with van der Waals surface area (Å²) in [5, 5.41) is 5.23. The molecular weight excluding hydrogens is 220 g/mol. The van der Waals surface area contributed by atoms with Crippen LogP contribution in [0.25, 0.3) is 5.69 Å². The van der Waals surface area contributed by atoms with Gasteiger partial charge in [-0.1, -0.05) is 18.7 Å². The van der Waals surface area contributed by atoms with Crippen molar-refractivity contribution in [2.45, 2.75) is 18.5 Å². The lowest BCUT2D eigenvalue weighted by atomic mass is 10.3. The number of benzene rings is 1. The van der Waals surface area contributed by atoms with Gasteiger partial charge in [-0.15, -0.1) is 5.10 Å². The molecule has 2 rings (SSSR count). The highest BCUT2D eigenvalue weighted by molar-refractivity contribution is 7.98. The second-order valence-electron chi connectivity index (χ2n) is 3.37. The minimum absolute atomic E-state index is 0.756. The number of anilines is 1. The van der Waals surface area contributed by atoms with Gasteiger partial charge >= 0.3 is 0 Å². The van der Waals surface area contributed by atoms with Crippen LogP contribution < -0.4 is 5.73 Å². The Morgan fingerprint density at radius 2 is 2.00 bits per heavy atom. The molecule has 4 nitrogen and oxygen atoms in total. The second kappa shape index (κ2) is 4.57. The van der Waals surface area contributed by atoms with Crippen LogP contribution in [0.2, 0.25) is 0 Å². The number of rotatable bonds is 3. The number of hydrogen-bond donors (Lipinski definition) is 1. The van der Waals surface area contributed by atoms with E-state index in [2.05, 4.69) is 17.0 Å². The summed E-state index contributed by atoms with van der Waals surface area (Å²) in [5.41, 5.74) is 7.41. The van der Waals surface area contributed by atoms with E-state index in [4.69, 9.17) is 5.73 Å². The van der Waals surface area contributed by atoms with Crippen LogP contribution >= 0.6 is 11.8 Å². The van der Waals surface area contributed by atoms with Crippen molar-refractivity contribution in [2.75, 3.05) is 12.0 Å². The molecule has 2 N–H and O–H groups in total. The van der Waals surface area contributed by atoms with Crippen molar-refractivity contribution in [2.24, 2.45) is 0 Å². The summed E-state index contributed by atoms with van der Waals surface area (Å²) < 4.78 is 1.87. The Morgan fingerprint density at radius 1 is 1.31 bits per heavy atom. The van der Waals surface area contributed by atoms with Crippen LogP contribution in [0.1, 0.15) is 12.7 Å². The SMILES string of the molecule is CCc1nc(SC)nn1-c1ccc(N)cc1. The van der Waals surface area contributed by atoms with Crippen molar-refractivity contribution >= 4 is 17.4 Å². The van der Waals surface area contributed by atoms with Gasteiger partial charge in [-0.25, -0.2) is 9.67 Å². The predicted molar refractivity (Wildman–Crippen MR) is 66.9 cm³/mol. The molecule has 0 aliphatic heterocycles. The average Bonchev–Trinajstić information content (AvgIpc) is 2.73. The van der Waals surface area contributed by atoms with Crippen LogP contribution in [-0.2, 0) is 6.42 Å². The van der Waals surface area contributed by atoms with Crippen LogP contribution in [-0.4, -0.2) is 21.0 Å². The number of nitrogen functional groups attached to an aromatic ring is 1. The van der Waals surface area contributed by atoms with E-state index in [1.54, 1.807) is 11.8 Å². The van der Waals surface area contributed by atoms with Gasteiger partial charge in [0.05, 0.1) is 5.69 Å². The highest BCUT2D eigenvalue weighted by Crippen LogP contribution is 2.16. The molecule has 0 saturated heterocycles. The van der Waals surface area contributed by atoms with Gasteiger partial charge in [0, 0.05) is 12.1 Å². The summed E-state index contributed by atoms with van der Waals surface area (Å²) in [6.45, 7) is 2.07. The van der Waals surface area contributed by atoms with Gasteiger partial charge in [0.1, 0.15) is 5.82 Å². The third-order valence-corrected chi connectivity index (χ3v) is 2.83. The predicted octanol–water partition coefficient (Wildman–Crippen LogP) is 2.13. The molecule has 0 bridgehead atoms. The first-order chi connectivity index (χ1) is 7.74. The van der Waals surface area contributed by atoms with E-state index >= 15 is 0 Å². The van der Waals surface area contributed by atoms with E-state index in [1.807, 2.05) is 35.2 Å². The molecule has 0 fully saturated rings. The Morgan fingerprint density at radius 3 is 2.56 bits per heavy atom. The van der Waals surface area contributed by atoms with Crippen molar-refractivity contribution in [3.05, 3.63) is 30.1 Å². The highest BCUT2D eigenvalue weighted by atomic mass is 32.2. The Hall–Kier alpha value is -1.49. The molecule has 0 amide bonds. The van der Waals surface area contributed by atoms with Gasteiger partial charge in [-0.05, 0) is 30.5 Å². The van der Waals surface area contributed by atoms with Crippen molar-refractivity contribution < 1.29 is 0 Å². The smallest absolute Gasteiger partial charge is 0.208 e. The van der Waals surface area contributed by atoms with Gasteiger partial charge in [-0.3, -0.25) is 0 Å². The number of aryl methyl sites for hydroxylation is 1. The summed E-state index contributed by atoms with van der Waals surface area (Å²) in [4.78, 5) is 4.43. The zero-order chi connectivity index (χ0) is 11.5. The zero-order valence-electron chi connectivity index (χ0n) is 9.34. The minimum Gasteiger partial charge on any atom is -0.399 e. The molecule has 0 saturated carbocycles. The third-order valence-electron chi connectivity index (χ3n) is 2.29. The molecule has 1 heterocycles. The van der Waals surface area contributed by atoms with Crippen molar-refractivity contribution in [3.8, 4) is 5.69 Å². The van der Waals surface area contributed by atoms with E-state index in [9.17, 15) is 0 Å². The minimum atomic E-state index is 0.756. The van der Waals surface area contributed by atoms with Gasteiger partial charge in [0.2, 0.25) is 5.16 Å². The molecule has 0 radical (unpaired) electrons. The van der Waals surface area contributed by atoms with Crippen molar-refractivity contribution in [1.29, 1.82) is 0 Å². The molecule has 0 spiro atoms. The van der Waals surface area contributed by atoms with Gasteiger partial charge in [0.25, 0.3) is 0 Å². The number of hydrogen-bond acceptors (Lipinski definition) is 4. The summed E-state index contributed by atoms with van der Waals surface area (Å²) in [7, 11) is 0. The van der Waals surface area contributed by atoms with E-state index in [0.29, 0.717) is 0 Å². The lowest BCUT2D eigenvalue weighted by Gasteiger charge is -2.03. The molecule has 1 aromatic heterocycles. The van der Waals surface area contributed by atoms with Crippen molar-refractivity contribution in [3.63, 3.8) is 0 Å². The number of nitrogens with zero attached hydrogens (tertiary/aromatic N) is 3. The normalized spacial score (nSPS) is 10.6. The fourth-order valence-corrected chi connectivity index (χ4v) is 1.82. The number of nitrogens with two attached hydrogens (primary N) is 1. The molecule has 0 atom stereocenters. The first-order valence-corrected chi connectivity index (χ1v) is 6.33. The van der Waals surface area contributed by atoms with Crippen LogP contribution in [0.15, 0.2) is 29.4 Å². The van der Waals surface area contributed by atoms with E-state index in [-0.39, 0.29) is 0 Å². The molecule has 0 aliphatic rings. The summed E-state index contributed by atoms with van der Waals surface area (Å²) in [5.74, 6) is 0.967. The maximum Gasteiger partial charge on any atom is 0.208 e. The summed E-state index contributed by atoms with van der Waals surface area (Å²) >= 11 is 1.55. The Labute approximate surface area is 98.9 Å². The molecule has 0 aliphatic carbocycles. The molecule has 16 heavy (non-hydrogen) atoms. The first-order valence-electron chi connectivity index (χ1n) is 5.10. The lowest BCUT2D eigenvalue weighted by Crippen LogP contribution is -2.02. The zero-order valence-corrected chi connectivity index (χ0v) is 10.2. The topological polar surface area (TPSA) is 56.7 Å². The second-order valence-corrected chi connectivity index (χ2v) is 4.15. The Balaban J connectivity index is 2.45. The number of thioether (sulfide) groups is 1. The standard InChI is InChI=1S/C11H14N4S/c1-3-10-13-11(16-2)14-15(10)9-6-4-8(12)5-7-9/h4-7H,3,12H2,1-2H3. The first kappa shape index (κ1) is 11.0. The maximum atomic E-state index is 5.66. The largest absolute Gasteiger partial charge is 0.399 e. The van der Waals surface area contributed by atoms with Crippen LogP contribution in [0, 0.1) is 0 Å². The number of aromatic nitrogens is 3. The summed E-state index contributed by atoms with van der Waals surface area (Å²) in [6.07, 6.45) is 2.83. The van der Waals surface area contributed by atoms with E-state index in [0.717, 1.165) is 28.8 Å². The van der Waals surface area contributed by atoms with Gasteiger partial charge < -0.3 is 5.73 Å². The van der Waals surface area contributed by atoms with Crippen molar-refractivity contribution in [1.82, 2.24) is 14.8 Å². The summed E-state index contributed by atoms with van der Waals surface area (Å²) in [6, 6.07) is 7.64. The van der Waals surface area contributed by atoms with Gasteiger partial charge in [-0.2, -0.15) is 0 Å². The molecule has 84 valence electrons. The van der Waals surface area contributed by atoms with Crippen LogP contribution in [0.3, 0.4) is 0 Å². The fraction of sp³-hybridized carbons (Fsp3) is 0.273. The third kappa shape index (κ3) is 2.04. The van der Waals surface area contributed by atoms with Gasteiger partial charge in [0.15, 0.2) is 0 Å². The van der Waals surface area contributed by atoms with E-state index in [1.165, 1.54) is 0 Å². The average molecular weight is 234 g/mol. The quantitative estimate of drug-likeness (QED) is 0.653. The molecule has 5 heteroatoms. The van der Waals surface area contributed by atoms with E-state index < -0.39 is 0 Å². The van der Waals surface area contributed by atoms with Crippen LogP contribution in [0.5, 0.6) is 0 Å². The Kier molecular flexibility index (Phi) is 3.14. The molecule has 0 unspecified atom stereocenters. The Bertz CT molecular complexity index is 475.